The topological polar surface area (TPSA) is 487 Å². The molecule has 2 amide bonds. The molecule has 6 aromatic rings. The molecule has 0 fully saturated rings. The number of isocyanates is 1. The average molecular weight is 1480 g/mol. The maximum absolute atomic E-state index is 12.8. The molecule has 0 aliphatic carbocycles. The van der Waals surface area contributed by atoms with E-state index in [0.717, 1.165) is 65.7 Å². The molecule has 0 atom stereocenters. The number of sulfonamides is 4. The van der Waals surface area contributed by atoms with Crippen LogP contribution in [0, 0.1) is 34.0 Å². The molecule has 0 heterocycles. The maximum Gasteiger partial charge on any atom is 0.241 e. The second kappa shape index (κ2) is 34.7. The highest BCUT2D eigenvalue weighted by molar-refractivity contribution is 7.93. The molecule has 534 valence electrons. The highest BCUT2D eigenvalue weighted by Gasteiger charge is 2.30. The number of aromatic hydroxyl groups is 3. The summed E-state index contributed by atoms with van der Waals surface area (Å²) in [6.45, 7) is 23.2. The third kappa shape index (κ3) is 22.3. The first-order chi connectivity index (χ1) is 45.6. The Morgan fingerprint density at radius 2 is 0.667 bits per heavy atom. The van der Waals surface area contributed by atoms with Crippen LogP contribution in [0.25, 0.3) is 0 Å². The Morgan fingerprint density at radius 3 is 0.869 bits per heavy atom. The highest BCUT2D eigenvalue weighted by Crippen LogP contribution is 2.39. The molecule has 0 aliphatic rings. The molecule has 0 bridgehead atoms. The summed E-state index contributed by atoms with van der Waals surface area (Å²) in [5.41, 5.74) is 7.74. The van der Waals surface area contributed by atoms with Crippen molar-refractivity contribution in [2.45, 2.75) is 148 Å². The van der Waals surface area contributed by atoms with Crippen LogP contribution in [0.2, 0.25) is 0 Å². The van der Waals surface area contributed by atoms with Crippen molar-refractivity contribution in [2.24, 2.45) is 10.1 Å². The number of amides is 2. The van der Waals surface area contributed by atoms with Crippen LogP contribution >= 0.6 is 0 Å². The van der Waals surface area contributed by atoms with Gasteiger partial charge in [0, 0.05) is 29.6 Å². The predicted molar refractivity (Wildman–Crippen MR) is 372 cm³/mol. The summed E-state index contributed by atoms with van der Waals surface area (Å²) >= 11 is 0. The Labute approximate surface area is 579 Å². The lowest BCUT2D eigenvalue weighted by Gasteiger charge is -2.21. The summed E-state index contributed by atoms with van der Waals surface area (Å²) < 4.78 is 149. The minimum Gasteiger partial charge on any atom is -0.507 e. The second-order valence-corrected chi connectivity index (χ2v) is 34.8. The lowest BCUT2D eigenvalue weighted by atomic mass is 9.90. The van der Waals surface area contributed by atoms with Crippen LogP contribution in [0.15, 0.2) is 125 Å². The molecule has 0 aromatic heterocycles. The Balaban J connectivity index is 0.000000361. The van der Waals surface area contributed by atoms with Crippen LogP contribution in [0.4, 0.5) is 17.1 Å². The van der Waals surface area contributed by atoms with Gasteiger partial charge in [0.2, 0.25) is 58.0 Å². The summed E-state index contributed by atoms with van der Waals surface area (Å²) in [5, 5.41) is 67.4. The number of carbonyl (C=O) groups excluding carboxylic acids is 3. The molecular formula is C65H80N10O18S6. The monoisotopic (exact) mass is 1480 g/mol. The third-order valence-corrected chi connectivity index (χ3v) is 23.0. The van der Waals surface area contributed by atoms with Gasteiger partial charge >= 0.3 is 0 Å². The molecule has 0 unspecified atom stereocenters. The van der Waals surface area contributed by atoms with Crippen LogP contribution in [-0.4, -0.2) is 116 Å². The zero-order valence-corrected chi connectivity index (χ0v) is 61.7. The first-order valence-corrected chi connectivity index (χ1v) is 39.1. The predicted octanol–water partition coefficient (Wildman–Crippen LogP) is 8.38. The van der Waals surface area contributed by atoms with Crippen molar-refractivity contribution in [1.29, 1.82) is 15.8 Å². The molecule has 10 N–H and O–H groups in total. The van der Waals surface area contributed by atoms with Crippen molar-refractivity contribution in [3.05, 3.63) is 141 Å². The van der Waals surface area contributed by atoms with Gasteiger partial charge < -0.3 is 26.0 Å². The number of nitrogens with two attached hydrogens (primary N) is 1. The number of carbonyl (C=O) groups is 2. The van der Waals surface area contributed by atoms with Gasteiger partial charge in [0.15, 0.2) is 19.7 Å². The zero-order chi connectivity index (χ0) is 75.8. The lowest BCUT2D eigenvalue weighted by molar-refractivity contribution is -0.114. The van der Waals surface area contributed by atoms with Gasteiger partial charge in [0.1, 0.15) is 43.4 Å². The number of phenolic OH excluding ortho intramolecular Hbond substituents is 3. The number of aliphatic imine (C=N–C) groups is 1. The summed E-state index contributed by atoms with van der Waals surface area (Å²) in [5.74, 6) is -5.60. The van der Waals surface area contributed by atoms with Crippen molar-refractivity contribution in [3.8, 4) is 35.5 Å². The van der Waals surface area contributed by atoms with E-state index in [1.165, 1.54) is 21.1 Å². The van der Waals surface area contributed by atoms with Gasteiger partial charge in [-0.25, -0.2) is 74.6 Å². The van der Waals surface area contributed by atoms with Crippen molar-refractivity contribution in [3.63, 3.8) is 0 Å². The maximum atomic E-state index is 12.8. The molecule has 0 radical (unpaired) electrons. The summed E-state index contributed by atoms with van der Waals surface area (Å²) in [7, 11) is -20.6. The fraction of sp³-hybridized carbons (Fsp3) is 0.354. The van der Waals surface area contributed by atoms with Gasteiger partial charge in [-0.3, -0.25) is 9.59 Å². The van der Waals surface area contributed by atoms with Gasteiger partial charge in [-0.15, -0.1) is 0 Å². The van der Waals surface area contributed by atoms with Crippen LogP contribution in [-0.2, 0) is 74.2 Å². The van der Waals surface area contributed by atoms with Crippen LogP contribution in [0.3, 0.4) is 0 Å². The Kier molecular flexibility index (Phi) is 29.5. The SMILES string of the molecule is CC(C)c1cc(C#N)cc(C(C)C)c1N=C=O.CNS(=O)(=O)c1ccc(S(=O)(=O)CC(=O)Nc2c(C(C)C)cc(C#N)cc2C(C)C)c(O)c1.CNS(=O)(=O)c1ccc(S(=O)(=O)CC(=O)Nc2c(C(C)C)cc(C#N)cc2C(C)C)c(O)c1.CNS(=O)(=O)c1ccc(S(N)(=O)=O)c(O)c1. The number of nitriles is 3. The van der Waals surface area contributed by atoms with E-state index in [4.69, 9.17) is 10.4 Å². The minimum atomic E-state index is -4.29. The van der Waals surface area contributed by atoms with E-state index >= 15 is 0 Å². The fourth-order valence-corrected chi connectivity index (χ4v) is 14.7. The lowest BCUT2D eigenvalue weighted by Crippen LogP contribution is -2.25. The first kappa shape index (κ1) is 84.3. The highest BCUT2D eigenvalue weighted by atomic mass is 32.2. The van der Waals surface area contributed by atoms with E-state index in [-0.39, 0.29) is 50.2 Å². The molecule has 0 saturated carbocycles. The number of rotatable bonds is 22. The number of benzene rings is 6. The van der Waals surface area contributed by atoms with Gasteiger partial charge in [0.25, 0.3) is 0 Å². The number of phenols is 3. The average Bonchev–Trinajstić information content (AvgIpc) is 0.802. The van der Waals surface area contributed by atoms with Gasteiger partial charge in [0.05, 0.1) is 55.3 Å². The Hall–Kier alpha value is -8.95. The number of nitrogens with zero attached hydrogens (tertiary/aromatic N) is 4. The number of hydrogen-bond donors (Lipinski definition) is 9. The fourth-order valence-electron chi connectivity index (χ4n) is 9.38. The molecule has 6 rings (SSSR count). The van der Waals surface area contributed by atoms with Crippen molar-refractivity contribution < 1.29 is 80.2 Å². The molecule has 0 aliphatic heterocycles. The number of primary sulfonamides is 1. The van der Waals surface area contributed by atoms with Crippen LogP contribution in [0.1, 0.15) is 169 Å². The molecule has 99 heavy (non-hydrogen) atoms. The summed E-state index contributed by atoms with van der Waals surface area (Å²) in [6.07, 6.45) is 1.60. The largest absolute Gasteiger partial charge is 0.507 e. The van der Waals surface area contributed by atoms with Crippen molar-refractivity contribution >= 4 is 94.7 Å². The standard InChI is InChI=1S/2C22H27N3O6S2.C14H16N2O.C7H10N2O5S2/c2*1-13(2)17-8-15(11-23)9-18(14(3)4)22(17)25-21(27)12-32(28,29)20-7-6-16(10-19(20)26)33(30,31)24-5;1-9(2)12-5-11(7-15)6-13(10(3)4)14(12)16-8-17;1-9-16(13,14)5-2-3-7(6(10)4-5)15(8,11)12/h2*6-10,13-14,24,26H,12H2,1-5H3,(H,25,27);5-6,9-10H,1-4H3;2-4,9-10H,1H3,(H2,8,11,12). The van der Waals surface area contributed by atoms with Crippen molar-refractivity contribution in [2.75, 3.05) is 43.3 Å². The van der Waals surface area contributed by atoms with Crippen LogP contribution in [0.5, 0.6) is 17.2 Å². The van der Waals surface area contributed by atoms with Gasteiger partial charge in [-0.1, -0.05) is 83.1 Å². The van der Waals surface area contributed by atoms with Gasteiger partial charge in [-0.05, 0) is 163 Å². The van der Waals surface area contributed by atoms with E-state index in [1.807, 2.05) is 87.8 Å². The van der Waals surface area contributed by atoms with E-state index in [2.05, 4.69) is 43.3 Å². The third-order valence-electron chi connectivity index (χ3n) is 14.5. The van der Waals surface area contributed by atoms with Crippen LogP contribution < -0.4 is 29.9 Å². The number of hydrogen-bond acceptors (Lipinski definition) is 22. The Morgan fingerprint density at radius 1 is 0.424 bits per heavy atom. The smallest absolute Gasteiger partial charge is 0.241 e. The molecule has 0 saturated heterocycles. The van der Waals surface area contributed by atoms with E-state index in [0.29, 0.717) is 56.0 Å². The number of nitrogens with one attached hydrogen (secondary N) is 5. The number of sulfone groups is 2. The summed E-state index contributed by atoms with van der Waals surface area (Å²) in [4.78, 5) is 37.3. The Bertz CT molecular complexity index is 4660. The van der Waals surface area contributed by atoms with Crippen molar-refractivity contribution in [1.82, 2.24) is 14.2 Å². The molecule has 6 aromatic carbocycles. The second-order valence-electron chi connectivity index (χ2n) is 23.7. The molecular weight excluding hydrogens is 1400 g/mol. The van der Waals surface area contributed by atoms with E-state index in [9.17, 15) is 90.7 Å². The molecule has 34 heteroatoms. The summed E-state index contributed by atoms with van der Waals surface area (Å²) in [6, 6.07) is 24.9. The first-order valence-electron chi connectivity index (χ1n) is 29.8. The van der Waals surface area contributed by atoms with E-state index < -0.39 is 115 Å². The minimum absolute atomic E-state index is 0.0478. The molecule has 28 nitrogen and oxygen atoms in total. The molecule has 0 spiro atoms. The quantitative estimate of drug-likeness (QED) is 0.0227. The van der Waals surface area contributed by atoms with E-state index in [1.54, 1.807) is 42.5 Å². The van der Waals surface area contributed by atoms with Gasteiger partial charge in [-0.2, -0.15) is 20.8 Å². The number of anilines is 2. The zero-order valence-electron chi connectivity index (χ0n) is 56.8. The normalized spacial score (nSPS) is 11.8.